The fraction of sp³-hybridized carbons (Fsp3) is 0.909. The Morgan fingerprint density at radius 1 is 1.56 bits per heavy atom. The van der Waals surface area contributed by atoms with Crippen LogP contribution < -0.4 is 4.72 Å². The number of carbonyl (C=O) groups is 1. The highest BCUT2D eigenvalue weighted by Crippen LogP contribution is 2.14. The van der Waals surface area contributed by atoms with Crippen LogP contribution in [0.5, 0.6) is 0 Å². The lowest BCUT2D eigenvalue weighted by molar-refractivity contribution is -0.138. The summed E-state index contributed by atoms with van der Waals surface area (Å²) < 4.78 is 31.3. The molecule has 0 radical (unpaired) electrons. The number of sulfonamides is 1. The topological polar surface area (TPSA) is 92.7 Å². The number of carboxylic acid groups (broad SMARTS) is 1. The lowest BCUT2D eigenvalue weighted by Crippen LogP contribution is -2.35. The Hall–Kier alpha value is -0.660. The molecule has 0 bridgehead atoms. The highest BCUT2D eigenvalue weighted by atomic mass is 32.2. The molecule has 0 aromatic rings. The van der Waals surface area contributed by atoms with E-state index in [0.717, 1.165) is 12.8 Å². The smallest absolute Gasteiger partial charge is 0.303 e. The molecule has 1 saturated heterocycles. The first-order chi connectivity index (χ1) is 8.43. The highest BCUT2D eigenvalue weighted by Gasteiger charge is 2.24. The molecular weight excluding hydrogens is 258 g/mol. The molecule has 0 amide bonds. The van der Waals surface area contributed by atoms with Gasteiger partial charge in [-0.15, -0.1) is 0 Å². The molecule has 0 aromatic heterocycles. The number of aliphatic carboxylic acids is 1. The molecule has 1 aliphatic heterocycles. The van der Waals surface area contributed by atoms with Gasteiger partial charge in [-0.25, -0.2) is 13.1 Å². The molecule has 1 rings (SSSR count). The molecule has 18 heavy (non-hydrogen) atoms. The molecule has 2 N–H and O–H groups in total. The molecule has 2 atom stereocenters. The zero-order valence-electron chi connectivity index (χ0n) is 10.6. The first kappa shape index (κ1) is 15.4. The van der Waals surface area contributed by atoms with Crippen molar-refractivity contribution < 1.29 is 23.1 Å². The maximum absolute atomic E-state index is 11.8. The van der Waals surface area contributed by atoms with Gasteiger partial charge in [-0.3, -0.25) is 4.79 Å². The first-order valence-electron chi connectivity index (χ1n) is 6.23. The van der Waals surface area contributed by atoms with Crippen molar-refractivity contribution in [3.05, 3.63) is 0 Å². The van der Waals surface area contributed by atoms with Crippen LogP contribution in [0.25, 0.3) is 0 Å². The molecule has 1 heterocycles. The summed E-state index contributed by atoms with van der Waals surface area (Å²) in [5.41, 5.74) is 0. The van der Waals surface area contributed by atoms with E-state index >= 15 is 0 Å². The van der Waals surface area contributed by atoms with Gasteiger partial charge in [-0.2, -0.15) is 0 Å². The van der Waals surface area contributed by atoms with E-state index in [1.54, 1.807) is 0 Å². The zero-order valence-corrected chi connectivity index (χ0v) is 11.4. The molecule has 1 aliphatic rings. The first-order valence-corrected chi connectivity index (χ1v) is 7.89. The maximum atomic E-state index is 11.8. The predicted molar refractivity (Wildman–Crippen MR) is 66.8 cm³/mol. The van der Waals surface area contributed by atoms with Crippen LogP contribution in [0.2, 0.25) is 0 Å². The van der Waals surface area contributed by atoms with Crippen LogP contribution in [0.1, 0.15) is 32.6 Å². The summed E-state index contributed by atoms with van der Waals surface area (Å²) in [6.07, 6.45) is 2.07. The molecule has 0 aromatic carbocycles. The Morgan fingerprint density at radius 2 is 2.28 bits per heavy atom. The Balaban J connectivity index is 2.37. The Morgan fingerprint density at radius 3 is 2.78 bits per heavy atom. The van der Waals surface area contributed by atoms with Crippen LogP contribution in [0.15, 0.2) is 0 Å². The number of hydrogen-bond acceptors (Lipinski definition) is 4. The van der Waals surface area contributed by atoms with E-state index in [-0.39, 0.29) is 30.7 Å². The second kappa shape index (κ2) is 7.06. The van der Waals surface area contributed by atoms with Gasteiger partial charge < -0.3 is 9.84 Å². The van der Waals surface area contributed by atoms with E-state index in [2.05, 4.69) is 4.72 Å². The zero-order chi connectivity index (χ0) is 13.6. The predicted octanol–water partition coefficient (Wildman–Crippen LogP) is 0.586. The summed E-state index contributed by atoms with van der Waals surface area (Å²) in [5.74, 6) is -1.10. The summed E-state index contributed by atoms with van der Waals surface area (Å²) in [6.45, 7) is 2.65. The third kappa shape index (κ3) is 5.79. The van der Waals surface area contributed by atoms with E-state index in [9.17, 15) is 13.2 Å². The van der Waals surface area contributed by atoms with Crippen molar-refractivity contribution in [2.75, 3.05) is 18.9 Å². The molecule has 1 fully saturated rings. The highest BCUT2D eigenvalue weighted by molar-refractivity contribution is 7.89. The van der Waals surface area contributed by atoms with Crippen molar-refractivity contribution in [2.24, 2.45) is 5.92 Å². The lowest BCUT2D eigenvalue weighted by Gasteiger charge is -2.15. The second-order valence-corrected chi connectivity index (χ2v) is 6.49. The van der Waals surface area contributed by atoms with Crippen LogP contribution in [0.4, 0.5) is 0 Å². The number of nitrogens with one attached hydrogen (secondary N) is 1. The minimum absolute atomic E-state index is 0.0149. The number of rotatable bonds is 8. The fourth-order valence-electron chi connectivity index (χ4n) is 1.93. The van der Waals surface area contributed by atoms with Gasteiger partial charge in [0.15, 0.2) is 0 Å². The molecule has 0 saturated carbocycles. The van der Waals surface area contributed by atoms with Crippen molar-refractivity contribution >= 4 is 16.0 Å². The molecular formula is C11H21NO5S. The van der Waals surface area contributed by atoms with E-state index in [0.29, 0.717) is 13.0 Å². The van der Waals surface area contributed by atoms with Crippen molar-refractivity contribution in [2.45, 2.75) is 38.7 Å². The monoisotopic (exact) mass is 279 g/mol. The van der Waals surface area contributed by atoms with Gasteiger partial charge in [0.05, 0.1) is 11.9 Å². The third-order valence-electron chi connectivity index (χ3n) is 3.06. The summed E-state index contributed by atoms with van der Waals surface area (Å²) in [5, 5.41) is 8.68. The van der Waals surface area contributed by atoms with Crippen molar-refractivity contribution in [1.29, 1.82) is 0 Å². The van der Waals surface area contributed by atoms with Gasteiger partial charge in [0.2, 0.25) is 10.0 Å². The quantitative estimate of drug-likeness (QED) is 0.678. The van der Waals surface area contributed by atoms with Gasteiger partial charge >= 0.3 is 5.97 Å². The fourth-order valence-corrected chi connectivity index (χ4v) is 3.29. The van der Waals surface area contributed by atoms with Gasteiger partial charge in [-0.1, -0.05) is 13.3 Å². The van der Waals surface area contributed by atoms with E-state index in [1.807, 2.05) is 6.92 Å². The standard InChI is InChI=1S/C11H21NO5S/c1-2-9(6-11(13)14)7-12-18(15,16)8-10-4-3-5-17-10/h9-10,12H,2-8H2,1H3,(H,13,14). The molecule has 6 nitrogen and oxygen atoms in total. The van der Waals surface area contributed by atoms with Gasteiger partial charge in [0.1, 0.15) is 0 Å². The molecule has 7 heteroatoms. The molecule has 2 unspecified atom stereocenters. The van der Waals surface area contributed by atoms with E-state index in [4.69, 9.17) is 9.84 Å². The average Bonchev–Trinajstić information content (AvgIpc) is 2.75. The second-order valence-electron chi connectivity index (χ2n) is 4.64. The molecule has 106 valence electrons. The number of carboxylic acids is 1. The number of ether oxygens (including phenoxy) is 1. The van der Waals surface area contributed by atoms with Crippen LogP contribution in [0.3, 0.4) is 0 Å². The minimum atomic E-state index is -3.37. The van der Waals surface area contributed by atoms with Crippen molar-refractivity contribution in [3.63, 3.8) is 0 Å². The molecule has 0 aliphatic carbocycles. The molecule has 0 spiro atoms. The Kier molecular flexibility index (Phi) is 6.04. The summed E-state index contributed by atoms with van der Waals surface area (Å²) in [6, 6.07) is 0. The van der Waals surface area contributed by atoms with Crippen LogP contribution in [-0.2, 0) is 19.6 Å². The summed E-state index contributed by atoms with van der Waals surface area (Å²) >= 11 is 0. The summed E-state index contributed by atoms with van der Waals surface area (Å²) in [7, 11) is -3.37. The van der Waals surface area contributed by atoms with E-state index < -0.39 is 16.0 Å². The Labute approximate surface area is 108 Å². The largest absolute Gasteiger partial charge is 0.481 e. The average molecular weight is 279 g/mol. The van der Waals surface area contributed by atoms with Gasteiger partial charge in [0, 0.05) is 19.6 Å². The Bertz CT molecular complexity index is 362. The SMILES string of the molecule is CCC(CNS(=O)(=O)CC1CCCO1)CC(=O)O. The van der Waals surface area contributed by atoms with Crippen LogP contribution in [-0.4, -0.2) is 44.5 Å². The number of hydrogen-bond donors (Lipinski definition) is 2. The maximum Gasteiger partial charge on any atom is 0.303 e. The van der Waals surface area contributed by atoms with E-state index in [1.165, 1.54) is 0 Å². The summed E-state index contributed by atoms with van der Waals surface area (Å²) in [4.78, 5) is 10.6. The lowest BCUT2D eigenvalue weighted by atomic mass is 10.0. The van der Waals surface area contributed by atoms with Gasteiger partial charge in [-0.05, 0) is 18.8 Å². The minimum Gasteiger partial charge on any atom is -0.481 e. The van der Waals surface area contributed by atoms with Crippen LogP contribution in [0, 0.1) is 5.92 Å². The van der Waals surface area contributed by atoms with Crippen molar-refractivity contribution in [1.82, 2.24) is 4.72 Å². The normalized spacial score (nSPS) is 21.9. The third-order valence-corrected chi connectivity index (χ3v) is 4.48. The van der Waals surface area contributed by atoms with Gasteiger partial charge in [0.25, 0.3) is 0 Å². The van der Waals surface area contributed by atoms with Crippen LogP contribution >= 0.6 is 0 Å². The van der Waals surface area contributed by atoms with Crippen molar-refractivity contribution in [3.8, 4) is 0 Å².